The number of rotatable bonds is 3. The third-order valence-electron chi connectivity index (χ3n) is 4.80. The van der Waals surface area contributed by atoms with Crippen molar-refractivity contribution in [3.05, 3.63) is 35.5 Å². The molecule has 1 aromatic heterocycles. The van der Waals surface area contributed by atoms with Crippen molar-refractivity contribution in [2.45, 2.75) is 43.9 Å². The van der Waals surface area contributed by atoms with Gasteiger partial charge in [-0.2, -0.15) is 5.26 Å². The standard InChI is InChI=1S/C18H21N3O2S/c1-12-5-3-8-16-17(12)20-11-13(10-19)18(16)21-14-6-4-7-15(9-14)24(2,22)23/h3,5,8,11,14-15H,4,6-7,9H2,1-2H3,(H,20,21)/t14-,15+/m1/s1. The van der Waals surface area contributed by atoms with E-state index in [1.54, 1.807) is 6.20 Å². The number of para-hydroxylation sites is 1. The number of hydrogen-bond acceptors (Lipinski definition) is 5. The number of anilines is 1. The lowest BCUT2D eigenvalue weighted by Gasteiger charge is -2.30. The molecule has 6 heteroatoms. The Labute approximate surface area is 142 Å². The molecule has 24 heavy (non-hydrogen) atoms. The molecule has 1 aliphatic carbocycles. The summed E-state index contributed by atoms with van der Waals surface area (Å²) in [5.41, 5.74) is 3.19. The molecular weight excluding hydrogens is 322 g/mol. The van der Waals surface area contributed by atoms with Crippen LogP contribution in [-0.4, -0.2) is 30.9 Å². The molecule has 0 spiro atoms. The lowest BCUT2D eigenvalue weighted by Crippen LogP contribution is -2.34. The van der Waals surface area contributed by atoms with Crippen molar-refractivity contribution in [3.63, 3.8) is 0 Å². The van der Waals surface area contributed by atoms with Crippen LogP contribution in [0.3, 0.4) is 0 Å². The van der Waals surface area contributed by atoms with Gasteiger partial charge in [-0.25, -0.2) is 8.42 Å². The summed E-state index contributed by atoms with van der Waals surface area (Å²) in [7, 11) is -3.03. The number of fused-ring (bicyclic) bond motifs is 1. The molecule has 2 atom stereocenters. The van der Waals surface area contributed by atoms with Gasteiger partial charge in [0.2, 0.25) is 0 Å². The van der Waals surface area contributed by atoms with Crippen LogP contribution < -0.4 is 5.32 Å². The molecule has 2 aromatic rings. The van der Waals surface area contributed by atoms with E-state index in [9.17, 15) is 13.7 Å². The summed E-state index contributed by atoms with van der Waals surface area (Å²) in [5.74, 6) is 0. The van der Waals surface area contributed by atoms with Crippen molar-refractivity contribution in [1.29, 1.82) is 5.26 Å². The summed E-state index contributed by atoms with van der Waals surface area (Å²) >= 11 is 0. The van der Waals surface area contributed by atoms with E-state index >= 15 is 0 Å². The van der Waals surface area contributed by atoms with Crippen LogP contribution in [0.25, 0.3) is 10.9 Å². The summed E-state index contributed by atoms with van der Waals surface area (Å²) in [5, 5.41) is 13.5. The van der Waals surface area contributed by atoms with Gasteiger partial charge in [0.25, 0.3) is 0 Å². The zero-order valence-corrected chi connectivity index (χ0v) is 14.7. The number of aryl methyl sites for hydroxylation is 1. The Kier molecular flexibility index (Phi) is 4.46. The molecule has 1 aromatic carbocycles. The quantitative estimate of drug-likeness (QED) is 0.925. The van der Waals surface area contributed by atoms with Crippen LogP contribution in [0.5, 0.6) is 0 Å². The summed E-state index contributed by atoms with van der Waals surface area (Å²) in [6, 6.07) is 8.14. The van der Waals surface area contributed by atoms with Gasteiger partial charge in [0.1, 0.15) is 15.9 Å². The van der Waals surface area contributed by atoms with E-state index in [-0.39, 0.29) is 11.3 Å². The molecule has 0 unspecified atom stereocenters. The van der Waals surface area contributed by atoms with E-state index in [0.29, 0.717) is 12.0 Å². The molecule has 1 aliphatic rings. The fourth-order valence-corrected chi connectivity index (χ4v) is 4.66. The smallest absolute Gasteiger partial charge is 0.150 e. The van der Waals surface area contributed by atoms with Crippen LogP contribution in [-0.2, 0) is 9.84 Å². The van der Waals surface area contributed by atoms with Crippen LogP contribution >= 0.6 is 0 Å². The second-order valence-corrected chi connectivity index (χ2v) is 8.91. The van der Waals surface area contributed by atoms with E-state index in [1.165, 1.54) is 6.26 Å². The van der Waals surface area contributed by atoms with E-state index in [1.807, 2.05) is 25.1 Å². The highest BCUT2D eigenvalue weighted by molar-refractivity contribution is 7.91. The average molecular weight is 343 g/mol. The Hall–Kier alpha value is -2.13. The largest absolute Gasteiger partial charge is 0.381 e. The number of sulfone groups is 1. The van der Waals surface area contributed by atoms with Gasteiger partial charge in [-0.05, 0) is 31.7 Å². The number of aromatic nitrogens is 1. The van der Waals surface area contributed by atoms with Crippen LogP contribution in [0.1, 0.15) is 36.8 Å². The highest BCUT2D eigenvalue weighted by Gasteiger charge is 2.29. The Morgan fingerprint density at radius 3 is 2.83 bits per heavy atom. The molecular formula is C18H21N3O2S. The highest BCUT2D eigenvalue weighted by Crippen LogP contribution is 2.32. The first kappa shape index (κ1) is 16.7. The van der Waals surface area contributed by atoms with Crippen LogP contribution in [0.2, 0.25) is 0 Å². The predicted molar refractivity (Wildman–Crippen MR) is 95.7 cm³/mol. The van der Waals surface area contributed by atoms with Crippen LogP contribution in [0.4, 0.5) is 5.69 Å². The van der Waals surface area contributed by atoms with Gasteiger partial charge < -0.3 is 5.32 Å². The van der Waals surface area contributed by atoms with E-state index in [4.69, 9.17) is 0 Å². The third-order valence-corrected chi connectivity index (χ3v) is 6.44. The Balaban J connectivity index is 1.98. The van der Waals surface area contributed by atoms with Crippen molar-refractivity contribution >= 4 is 26.4 Å². The lowest BCUT2D eigenvalue weighted by atomic mass is 9.94. The Morgan fingerprint density at radius 1 is 1.33 bits per heavy atom. The molecule has 0 amide bonds. The first-order valence-electron chi connectivity index (χ1n) is 8.14. The number of nitrogens with zero attached hydrogens (tertiary/aromatic N) is 2. The Bertz CT molecular complexity index is 916. The lowest BCUT2D eigenvalue weighted by molar-refractivity contribution is 0.453. The van der Waals surface area contributed by atoms with Gasteiger partial charge in [-0.15, -0.1) is 0 Å². The zero-order chi connectivity index (χ0) is 17.3. The number of benzene rings is 1. The summed E-state index contributed by atoms with van der Waals surface area (Å²) in [6.45, 7) is 1.99. The first-order chi connectivity index (χ1) is 11.4. The second kappa shape index (κ2) is 6.40. The number of hydrogen-bond donors (Lipinski definition) is 1. The van der Waals surface area contributed by atoms with Crippen LogP contribution in [0, 0.1) is 18.3 Å². The Morgan fingerprint density at radius 2 is 2.12 bits per heavy atom. The van der Waals surface area contributed by atoms with E-state index in [0.717, 1.165) is 41.4 Å². The van der Waals surface area contributed by atoms with Gasteiger partial charge in [0.15, 0.2) is 0 Å². The first-order valence-corrected chi connectivity index (χ1v) is 10.1. The molecule has 0 saturated heterocycles. The van der Waals surface area contributed by atoms with Crippen molar-refractivity contribution < 1.29 is 8.42 Å². The minimum atomic E-state index is -3.03. The predicted octanol–water partition coefficient (Wildman–Crippen LogP) is 3.18. The maximum absolute atomic E-state index is 11.9. The molecule has 1 fully saturated rings. The normalized spacial score (nSPS) is 21.4. The summed E-state index contributed by atoms with van der Waals surface area (Å²) in [6.07, 6.45) is 5.99. The summed E-state index contributed by atoms with van der Waals surface area (Å²) in [4.78, 5) is 4.40. The van der Waals surface area contributed by atoms with Crippen molar-refractivity contribution in [2.75, 3.05) is 11.6 Å². The molecule has 1 N–H and O–H groups in total. The highest BCUT2D eigenvalue weighted by atomic mass is 32.2. The van der Waals surface area contributed by atoms with Gasteiger partial charge >= 0.3 is 0 Å². The molecule has 126 valence electrons. The molecule has 1 heterocycles. The van der Waals surface area contributed by atoms with Crippen molar-refractivity contribution in [3.8, 4) is 6.07 Å². The topological polar surface area (TPSA) is 82.9 Å². The maximum Gasteiger partial charge on any atom is 0.150 e. The van der Waals surface area contributed by atoms with Gasteiger partial charge in [0, 0.05) is 23.9 Å². The average Bonchev–Trinajstić information content (AvgIpc) is 2.55. The molecule has 1 saturated carbocycles. The van der Waals surface area contributed by atoms with Gasteiger partial charge in [0.05, 0.1) is 22.0 Å². The molecule has 3 rings (SSSR count). The van der Waals surface area contributed by atoms with Gasteiger partial charge in [-0.3, -0.25) is 4.98 Å². The minimum absolute atomic E-state index is 0.0525. The molecule has 0 aliphatic heterocycles. The fourth-order valence-electron chi connectivity index (χ4n) is 3.48. The SMILES string of the molecule is Cc1cccc2c(N[C@@H]3CCC[C@H](S(C)(=O)=O)C3)c(C#N)cnc12. The van der Waals surface area contributed by atoms with Gasteiger partial charge in [-0.1, -0.05) is 24.6 Å². The zero-order valence-electron chi connectivity index (χ0n) is 13.9. The number of pyridine rings is 1. The maximum atomic E-state index is 11.9. The monoisotopic (exact) mass is 343 g/mol. The van der Waals surface area contributed by atoms with E-state index in [2.05, 4.69) is 16.4 Å². The summed E-state index contributed by atoms with van der Waals surface area (Å²) < 4.78 is 23.7. The third kappa shape index (κ3) is 3.22. The molecule has 0 radical (unpaired) electrons. The van der Waals surface area contributed by atoms with E-state index < -0.39 is 9.84 Å². The number of nitriles is 1. The van der Waals surface area contributed by atoms with Crippen molar-refractivity contribution in [1.82, 2.24) is 4.98 Å². The number of nitrogens with one attached hydrogen (secondary N) is 1. The molecule has 0 bridgehead atoms. The molecule has 5 nitrogen and oxygen atoms in total. The van der Waals surface area contributed by atoms with Crippen LogP contribution in [0.15, 0.2) is 24.4 Å². The second-order valence-electron chi connectivity index (χ2n) is 6.59. The minimum Gasteiger partial charge on any atom is -0.381 e. The van der Waals surface area contributed by atoms with Crippen molar-refractivity contribution in [2.24, 2.45) is 0 Å². The fraction of sp³-hybridized carbons (Fsp3) is 0.444.